The molecule has 0 bridgehead atoms. The molecular weight excluding hydrogens is 456 g/mol. The summed E-state index contributed by atoms with van der Waals surface area (Å²) in [5, 5.41) is 5.08. The number of likely N-dealkylation sites (N-methyl/N-ethyl adjacent to an activating group) is 1. The molecule has 2 unspecified atom stereocenters. The van der Waals surface area contributed by atoms with E-state index in [0.717, 1.165) is 37.5 Å². The molecule has 6 rings (SSSR count). The molecule has 0 radical (unpaired) electrons. The highest BCUT2D eigenvalue weighted by atomic mass is 16.6. The van der Waals surface area contributed by atoms with E-state index in [4.69, 9.17) is 15.5 Å². The summed E-state index contributed by atoms with van der Waals surface area (Å²) in [6.07, 6.45) is 8.65. The number of piperazine rings is 1. The van der Waals surface area contributed by atoms with Crippen LogP contribution in [0.2, 0.25) is 0 Å². The van der Waals surface area contributed by atoms with Gasteiger partial charge < -0.3 is 20.7 Å². The molecule has 2 saturated heterocycles. The minimum Gasteiger partial charge on any atom is -0.431 e. The lowest BCUT2D eigenvalue weighted by atomic mass is 9.84. The van der Waals surface area contributed by atoms with E-state index in [1.165, 1.54) is 44.0 Å². The minimum absolute atomic E-state index is 0.279. The summed E-state index contributed by atoms with van der Waals surface area (Å²) in [5.74, 6) is 0.908. The second-order valence-electron chi connectivity index (χ2n) is 9.73. The number of fused-ring (bicyclic) bond motifs is 1. The number of carbonyl (C=O) groups is 1. The molecule has 1 aromatic heterocycles. The highest BCUT2D eigenvalue weighted by Gasteiger charge is 2.60. The van der Waals surface area contributed by atoms with Crippen LogP contribution in [0.4, 0.5) is 11.5 Å². The van der Waals surface area contributed by atoms with Gasteiger partial charge in [0.1, 0.15) is 12.0 Å². The Hall–Kier alpha value is -3.08. The van der Waals surface area contributed by atoms with Crippen molar-refractivity contribution in [3.63, 3.8) is 0 Å². The van der Waals surface area contributed by atoms with E-state index >= 15 is 0 Å². The third-order valence-corrected chi connectivity index (χ3v) is 7.38. The van der Waals surface area contributed by atoms with Crippen molar-refractivity contribution >= 4 is 23.1 Å². The monoisotopic (exact) mass is 492 g/mol. The summed E-state index contributed by atoms with van der Waals surface area (Å²) >= 11 is 0. The van der Waals surface area contributed by atoms with E-state index in [9.17, 15) is 4.79 Å². The fourth-order valence-electron chi connectivity index (χ4n) is 5.18. The molecular formula is C26H36N8O2. The Labute approximate surface area is 212 Å². The molecule has 4 N–H and O–H groups in total. The zero-order valence-corrected chi connectivity index (χ0v) is 21.2. The Bertz CT molecular complexity index is 1110. The highest BCUT2D eigenvalue weighted by molar-refractivity contribution is 6.10. The molecule has 10 heteroatoms. The average Bonchev–Trinajstić information content (AvgIpc) is 3.57. The first-order valence-corrected chi connectivity index (χ1v) is 13.0. The number of ether oxygens (including phenoxy) is 1. The lowest BCUT2D eigenvalue weighted by Gasteiger charge is -2.26. The van der Waals surface area contributed by atoms with E-state index in [0.29, 0.717) is 29.7 Å². The predicted octanol–water partition coefficient (Wildman–Crippen LogP) is 2.55. The second kappa shape index (κ2) is 10.5. The fourth-order valence-corrected chi connectivity index (χ4v) is 5.18. The summed E-state index contributed by atoms with van der Waals surface area (Å²) in [6, 6.07) is 8.72. The number of nitrogens with two attached hydrogens (primary N) is 1. The standard InChI is InChI=1S/C19H22N6O.C7H14N2O/c1-25-19(24-25)16(23-15-17(20)21-11-22-18(15)26-19)14-9-7-13(8-10-14)12-5-3-2-4-6-12;1-2-7(10)9-5-3-8-4-6-9/h7-12,24H,2-6H2,1H3,(H2,20,21,22);8H,2-6H2,1H3. The SMILES string of the molecule is CCC(=O)N1CCNCC1.CN1NC12Oc1ncnc(N)c1N=C2c1ccc(C2CCCCC2)cc1. The van der Waals surface area contributed by atoms with Crippen molar-refractivity contribution < 1.29 is 9.53 Å². The normalized spacial score (nSPS) is 25.2. The van der Waals surface area contributed by atoms with Crippen LogP contribution in [-0.4, -0.2) is 70.6 Å². The number of rotatable bonds is 3. The molecule has 4 heterocycles. The summed E-state index contributed by atoms with van der Waals surface area (Å²) < 4.78 is 6.09. The van der Waals surface area contributed by atoms with Crippen LogP contribution in [0.15, 0.2) is 35.6 Å². The first-order valence-electron chi connectivity index (χ1n) is 13.0. The number of amides is 1. The third-order valence-electron chi connectivity index (χ3n) is 7.38. The molecule has 1 aromatic carbocycles. The number of benzene rings is 1. The second-order valence-corrected chi connectivity index (χ2v) is 9.73. The Morgan fingerprint density at radius 1 is 1.14 bits per heavy atom. The number of nitrogens with one attached hydrogen (secondary N) is 2. The Kier molecular flexibility index (Phi) is 7.17. The highest BCUT2D eigenvalue weighted by Crippen LogP contribution is 2.43. The molecule has 2 atom stereocenters. The zero-order chi connectivity index (χ0) is 25.1. The van der Waals surface area contributed by atoms with Crippen LogP contribution in [0.1, 0.15) is 62.5 Å². The van der Waals surface area contributed by atoms with Crippen LogP contribution in [0.3, 0.4) is 0 Å². The van der Waals surface area contributed by atoms with Crippen LogP contribution >= 0.6 is 0 Å². The third kappa shape index (κ3) is 4.93. The van der Waals surface area contributed by atoms with Gasteiger partial charge in [-0.1, -0.05) is 50.5 Å². The van der Waals surface area contributed by atoms with E-state index in [-0.39, 0.29) is 5.91 Å². The van der Waals surface area contributed by atoms with E-state index < -0.39 is 5.85 Å². The number of anilines is 1. The largest absolute Gasteiger partial charge is 0.431 e. The van der Waals surface area contributed by atoms with Gasteiger partial charge in [0.15, 0.2) is 11.5 Å². The topological polar surface area (TPSA) is 131 Å². The van der Waals surface area contributed by atoms with Crippen LogP contribution < -0.4 is 21.2 Å². The zero-order valence-electron chi connectivity index (χ0n) is 21.2. The molecule has 1 amide bonds. The van der Waals surface area contributed by atoms with Crippen LogP contribution in [-0.2, 0) is 4.79 Å². The Balaban J connectivity index is 0.000000226. The van der Waals surface area contributed by atoms with Gasteiger partial charge in [0.05, 0.1) is 0 Å². The van der Waals surface area contributed by atoms with Crippen molar-refractivity contribution in [1.29, 1.82) is 0 Å². The molecule has 4 aliphatic rings. The molecule has 1 saturated carbocycles. The molecule has 10 nitrogen and oxygen atoms in total. The van der Waals surface area contributed by atoms with Crippen molar-refractivity contribution in [2.24, 2.45) is 4.99 Å². The van der Waals surface area contributed by atoms with Crippen molar-refractivity contribution in [3.05, 3.63) is 41.7 Å². The maximum absolute atomic E-state index is 11.1. The van der Waals surface area contributed by atoms with Gasteiger partial charge in [0, 0.05) is 45.2 Å². The number of aliphatic imine (C=N–C) groups is 1. The average molecular weight is 493 g/mol. The summed E-state index contributed by atoms with van der Waals surface area (Å²) in [5.41, 5.74) is 12.9. The number of nitrogens with zero attached hydrogens (tertiary/aromatic N) is 5. The first-order chi connectivity index (χ1) is 17.5. The van der Waals surface area contributed by atoms with Gasteiger partial charge in [0.2, 0.25) is 11.8 Å². The van der Waals surface area contributed by atoms with Gasteiger partial charge in [-0.3, -0.25) is 4.79 Å². The van der Waals surface area contributed by atoms with E-state index in [1.54, 1.807) is 0 Å². The molecule has 1 spiro atoms. The van der Waals surface area contributed by atoms with Crippen molar-refractivity contribution in [3.8, 4) is 5.88 Å². The van der Waals surface area contributed by atoms with Crippen molar-refractivity contribution in [1.82, 2.24) is 30.6 Å². The number of aromatic nitrogens is 2. The molecule has 36 heavy (non-hydrogen) atoms. The van der Waals surface area contributed by atoms with E-state index in [1.807, 2.05) is 23.9 Å². The van der Waals surface area contributed by atoms with Crippen LogP contribution in [0.25, 0.3) is 0 Å². The van der Waals surface area contributed by atoms with Gasteiger partial charge in [-0.2, -0.15) is 15.4 Å². The first kappa shape index (κ1) is 24.6. The Morgan fingerprint density at radius 2 is 1.83 bits per heavy atom. The quantitative estimate of drug-likeness (QED) is 0.557. The van der Waals surface area contributed by atoms with Crippen LogP contribution in [0.5, 0.6) is 5.88 Å². The Morgan fingerprint density at radius 3 is 2.47 bits per heavy atom. The predicted molar refractivity (Wildman–Crippen MR) is 139 cm³/mol. The van der Waals surface area contributed by atoms with E-state index in [2.05, 4.69) is 45.0 Å². The van der Waals surface area contributed by atoms with Gasteiger partial charge >= 0.3 is 0 Å². The number of hydrogen-bond acceptors (Lipinski definition) is 9. The van der Waals surface area contributed by atoms with Gasteiger partial charge in [-0.15, -0.1) is 0 Å². The maximum atomic E-state index is 11.1. The van der Waals surface area contributed by atoms with Gasteiger partial charge in [0.25, 0.3) is 5.85 Å². The summed E-state index contributed by atoms with van der Waals surface area (Å²) in [7, 11) is 1.92. The number of nitrogen functional groups attached to an aromatic ring is 1. The number of hydrogen-bond donors (Lipinski definition) is 3. The minimum atomic E-state index is -0.778. The van der Waals surface area contributed by atoms with Gasteiger partial charge in [-0.25, -0.2) is 9.98 Å². The van der Waals surface area contributed by atoms with Crippen LogP contribution in [0, 0.1) is 0 Å². The van der Waals surface area contributed by atoms with Crippen molar-refractivity contribution in [2.45, 2.75) is 57.2 Å². The molecule has 3 fully saturated rings. The van der Waals surface area contributed by atoms with Gasteiger partial charge in [-0.05, 0) is 24.3 Å². The van der Waals surface area contributed by atoms with Crippen molar-refractivity contribution in [2.75, 3.05) is 39.0 Å². The molecule has 2 aromatic rings. The number of carbonyl (C=O) groups excluding carboxylic acids is 1. The summed E-state index contributed by atoms with van der Waals surface area (Å²) in [4.78, 5) is 25.9. The lowest BCUT2D eigenvalue weighted by molar-refractivity contribution is -0.131. The molecule has 1 aliphatic carbocycles. The summed E-state index contributed by atoms with van der Waals surface area (Å²) in [6.45, 7) is 5.57. The molecule has 3 aliphatic heterocycles. The smallest absolute Gasteiger partial charge is 0.291 e. The fraction of sp³-hybridized carbons (Fsp3) is 0.538. The number of hydrazine groups is 1. The lowest BCUT2D eigenvalue weighted by Crippen LogP contribution is -2.46. The maximum Gasteiger partial charge on any atom is 0.291 e. The molecule has 192 valence electrons.